The van der Waals surface area contributed by atoms with E-state index in [0.29, 0.717) is 31.4 Å². The molecule has 9 heteroatoms. The Balaban J connectivity index is 2.41. The quantitative estimate of drug-likeness (QED) is 0.191. The number of aliphatic hydroxyl groups is 3. The minimum atomic E-state index is -1.49. The molecule has 1 saturated heterocycles. The molecule has 1 heterocycles. The number of thiol groups is 1. The van der Waals surface area contributed by atoms with Gasteiger partial charge in [-0.25, -0.2) is 0 Å². The number of amides is 1. The molecule has 1 rings (SSSR count). The Kier molecular flexibility index (Phi) is 10.9. The highest BCUT2D eigenvalue weighted by Crippen LogP contribution is 2.21. The summed E-state index contributed by atoms with van der Waals surface area (Å²) < 4.78 is 10.9. The van der Waals surface area contributed by atoms with Crippen molar-refractivity contribution in [3.05, 3.63) is 0 Å². The van der Waals surface area contributed by atoms with Crippen LogP contribution in [-0.2, 0) is 14.3 Å². The Labute approximate surface area is 154 Å². The fourth-order valence-electron chi connectivity index (χ4n) is 2.43. The molecule has 1 fully saturated rings. The van der Waals surface area contributed by atoms with Gasteiger partial charge in [0.1, 0.15) is 18.3 Å². The fraction of sp³-hybridized carbons (Fsp3) is 0.938. The highest BCUT2D eigenvalue weighted by atomic mass is 32.1. The van der Waals surface area contributed by atoms with Crippen LogP contribution < -0.4 is 10.6 Å². The summed E-state index contributed by atoms with van der Waals surface area (Å²) in [6.07, 6.45) is -5.30. The van der Waals surface area contributed by atoms with Crippen molar-refractivity contribution in [2.45, 2.75) is 50.8 Å². The summed E-state index contributed by atoms with van der Waals surface area (Å²) in [6.45, 7) is 6.32. The van der Waals surface area contributed by atoms with E-state index in [-0.39, 0.29) is 13.1 Å². The zero-order valence-electron chi connectivity index (χ0n) is 14.9. The average Bonchev–Trinajstić information content (AvgIpc) is 2.57. The van der Waals surface area contributed by atoms with Crippen LogP contribution in [0.25, 0.3) is 0 Å². The molecule has 0 aromatic carbocycles. The van der Waals surface area contributed by atoms with Gasteiger partial charge in [-0.1, -0.05) is 13.8 Å². The van der Waals surface area contributed by atoms with E-state index in [1.54, 1.807) is 0 Å². The van der Waals surface area contributed by atoms with Gasteiger partial charge in [-0.15, -0.1) is 0 Å². The molecule has 0 saturated carbocycles. The van der Waals surface area contributed by atoms with Crippen molar-refractivity contribution in [3.63, 3.8) is 0 Å². The molecule has 0 aliphatic carbocycles. The molecule has 0 spiro atoms. The predicted octanol–water partition coefficient (Wildman–Crippen LogP) is -1.47. The van der Waals surface area contributed by atoms with Crippen molar-refractivity contribution < 1.29 is 29.6 Å². The third-order valence-corrected chi connectivity index (χ3v) is 4.21. The molecular formula is C16H32N2O6S. The Morgan fingerprint density at radius 2 is 1.88 bits per heavy atom. The maximum Gasteiger partial charge on any atom is 0.252 e. The summed E-state index contributed by atoms with van der Waals surface area (Å²) in [5.41, 5.74) is 0. The molecule has 148 valence electrons. The summed E-state index contributed by atoms with van der Waals surface area (Å²) in [5, 5.41) is 35.6. The van der Waals surface area contributed by atoms with Crippen molar-refractivity contribution in [1.29, 1.82) is 0 Å². The Bertz CT molecular complexity index is 388. The second-order valence-corrected chi connectivity index (χ2v) is 7.03. The zero-order chi connectivity index (χ0) is 18.8. The van der Waals surface area contributed by atoms with Crippen LogP contribution in [0.4, 0.5) is 0 Å². The molecule has 0 radical (unpaired) electrons. The molecule has 0 aromatic heterocycles. The van der Waals surface area contributed by atoms with E-state index in [2.05, 4.69) is 37.1 Å². The van der Waals surface area contributed by atoms with Gasteiger partial charge in [0, 0.05) is 32.0 Å². The molecule has 1 aliphatic rings. The van der Waals surface area contributed by atoms with Gasteiger partial charge < -0.3 is 35.4 Å². The average molecular weight is 381 g/mol. The molecule has 5 unspecified atom stereocenters. The summed E-state index contributed by atoms with van der Waals surface area (Å²) in [4.78, 5) is 12.2. The third-order valence-electron chi connectivity index (χ3n) is 3.99. The Morgan fingerprint density at radius 3 is 2.52 bits per heavy atom. The van der Waals surface area contributed by atoms with Crippen LogP contribution in [0.3, 0.4) is 0 Å². The number of carbonyl (C=O) groups excluding carboxylic acids is 1. The molecular weight excluding hydrogens is 348 g/mol. The lowest BCUT2D eigenvalue weighted by Crippen LogP contribution is -2.63. The number of ether oxygens (including phenoxy) is 2. The molecule has 5 N–H and O–H groups in total. The lowest BCUT2D eigenvalue weighted by molar-refractivity contribution is -0.219. The van der Waals surface area contributed by atoms with Gasteiger partial charge in [-0.05, 0) is 12.3 Å². The first-order valence-electron chi connectivity index (χ1n) is 8.75. The number of carbonyl (C=O) groups is 1. The second-order valence-electron chi connectivity index (χ2n) is 6.58. The van der Waals surface area contributed by atoms with Gasteiger partial charge in [0.25, 0.3) is 5.91 Å². The topological polar surface area (TPSA) is 120 Å². The van der Waals surface area contributed by atoms with E-state index in [4.69, 9.17) is 9.47 Å². The molecule has 8 nitrogen and oxygen atoms in total. The first-order chi connectivity index (χ1) is 11.9. The van der Waals surface area contributed by atoms with Crippen LogP contribution in [0, 0.1) is 5.92 Å². The van der Waals surface area contributed by atoms with E-state index >= 15 is 0 Å². The monoisotopic (exact) mass is 380 g/mol. The van der Waals surface area contributed by atoms with Crippen LogP contribution in [0.1, 0.15) is 20.3 Å². The van der Waals surface area contributed by atoms with Crippen LogP contribution in [0.5, 0.6) is 0 Å². The molecule has 1 amide bonds. The normalized spacial score (nSPS) is 29.8. The Morgan fingerprint density at radius 1 is 1.16 bits per heavy atom. The SMILES string of the molecule is CC(C)CCOCCNC(=O)C1OC(CNCCS)C(O)C(O)C1O. The van der Waals surface area contributed by atoms with E-state index in [0.717, 1.165) is 6.42 Å². The first-order valence-corrected chi connectivity index (χ1v) is 9.38. The van der Waals surface area contributed by atoms with Gasteiger partial charge in [-0.2, -0.15) is 12.6 Å². The maximum atomic E-state index is 12.2. The highest BCUT2D eigenvalue weighted by Gasteiger charge is 2.46. The number of hydrogen-bond acceptors (Lipinski definition) is 8. The van der Waals surface area contributed by atoms with Gasteiger partial charge >= 0.3 is 0 Å². The number of rotatable bonds is 11. The predicted molar refractivity (Wildman–Crippen MR) is 96.7 cm³/mol. The lowest BCUT2D eigenvalue weighted by Gasteiger charge is -2.40. The minimum Gasteiger partial charge on any atom is -0.388 e. The number of hydrogen-bond donors (Lipinski definition) is 6. The van der Waals surface area contributed by atoms with E-state index in [1.807, 2.05) is 0 Å². The standard InChI is InChI=1S/C16H32N2O6S/c1-10(2)3-6-23-7-4-18-16(22)15-14(21)13(20)12(19)11(24-15)9-17-5-8-25/h10-15,17,19-21,25H,3-9H2,1-2H3,(H,18,22). The molecule has 0 bridgehead atoms. The van der Waals surface area contributed by atoms with Crippen molar-refractivity contribution in [3.8, 4) is 0 Å². The van der Waals surface area contributed by atoms with Crippen LogP contribution in [0.2, 0.25) is 0 Å². The zero-order valence-corrected chi connectivity index (χ0v) is 15.8. The van der Waals surface area contributed by atoms with Gasteiger partial charge in [-0.3, -0.25) is 4.79 Å². The van der Waals surface area contributed by atoms with Crippen molar-refractivity contribution in [2.75, 3.05) is 38.6 Å². The fourth-order valence-corrected chi connectivity index (χ4v) is 2.59. The molecule has 0 aromatic rings. The van der Waals surface area contributed by atoms with Gasteiger partial charge in [0.15, 0.2) is 6.10 Å². The minimum absolute atomic E-state index is 0.244. The number of aliphatic hydroxyl groups excluding tert-OH is 3. The largest absolute Gasteiger partial charge is 0.388 e. The van der Waals surface area contributed by atoms with Gasteiger partial charge in [0.2, 0.25) is 0 Å². The van der Waals surface area contributed by atoms with E-state index < -0.39 is 36.4 Å². The second kappa shape index (κ2) is 12.1. The molecule has 5 atom stereocenters. The summed E-state index contributed by atoms with van der Waals surface area (Å²) in [6, 6.07) is 0. The Hall–Kier alpha value is -0.420. The van der Waals surface area contributed by atoms with Crippen molar-refractivity contribution in [2.24, 2.45) is 5.92 Å². The first kappa shape index (κ1) is 22.6. The number of nitrogens with one attached hydrogen (secondary N) is 2. The van der Waals surface area contributed by atoms with Crippen LogP contribution >= 0.6 is 12.6 Å². The lowest BCUT2D eigenvalue weighted by atomic mass is 9.94. The van der Waals surface area contributed by atoms with Crippen LogP contribution in [-0.4, -0.2) is 90.3 Å². The van der Waals surface area contributed by atoms with E-state index in [9.17, 15) is 20.1 Å². The molecule has 1 aliphatic heterocycles. The summed E-state index contributed by atoms with van der Waals surface area (Å²) in [7, 11) is 0. The smallest absolute Gasteiger partial charge is 0.252 e. The molecule has 25 heavy (non-hydrogen) atoms. The summed E-state index contributed by atoms with van der Waals surface area (Å²) in [5.74, 6) is 0.626. The maximum absolute atomic E-state index is 12.2. The van der Waals surface area contributed by atoms with Crippen molar-refractivity contribution >= 4 is 18.5 Å². The van der Waals surface area contributed by atoms with Gasteiger partial charge in [0.05, 0.1) is 12.7 Å². The van der Waals surface area contributed by atoms with E-state index in [1.165, 1.54) is 0 Å². The van der Waals surface area contributed by atoms with Crippen molar-refractivity contribution in [1.82, 2.24) is 10.6 Å². The summed E-state index contributed by atoms with van der Waals surface area (Å²) >= 11 is 4.07. The highest BCUT2D eigenvalue weighted by molar-refractivity contribution is 7.80. The van der Waals surface area contributed by atoms with Crippen LogP contribution in [0.15, 0.2) is 0 Å². The third kappa shape index (κ3) is 7.78.